The first-order valence-electron chi connectivity index (χ1n) is 19.1. The number of hydrogen-bond donors (Lipinski definition) is 0. The molecular weight excluding hydrogens is 699 g/mol. The van der Waals surface area contributed by atoms with Crippen LogP contribution in [0.25, 0.3) is 103 Å². The van der Waals surface area contributed by atoms with Gasteiger partial charge in [-0.1, -0.05) is 108 Å². The Labute approximate surface area is 328 Å². The molecule has 0 bridgehead atoms. The van der Waals surface area contributed by atoms with E-state index in [1.165, 1.54) is 75.4 Å². The predicted octanol–water partition coefficient (Wildman–Crippen LogP) is 14.4. The van der Waals surface area contributed by atoms with Gasteiger partial charge in [0.15, 0.2) is 5.82 Å². The highest BCUT2D eigenvalue weighted by Crippen LogP contribution is 2.39. The van der Waals surface area contributed by atoms with Crippen LogP contribution >= 0.6 is 11.3 Å². The van der Waals surface area contributed by atoms with Gasteiger partial charge in [0.1, 0.15) is 0 Å². The van der Waals surface area contributed by atoms with E-state index < -0.39 is 0 Å². The summed E-state index contributed by atoms with van der Waals surface area (Å²) in [7, 11) is 0. The van der Waals surface area contributed by atoms with Crippen LogP contribution in [0.15, 0.2) is 176 Å². The summed E-state index contributed by atoms with van der Waals surface area (Å²) in [6.45, 7) is 4.28. The molecule has 3 nitrogen and oxygen atoms in total. The van der Waals surface area contributed by atoms with Crippen LogP contribution in [0.5, 0.6) is 0 Å². The second kappa shape index (κ2) is 12.9. The Kier molecular flexibility index (Phi) is 7.48. The minimum absolute atomic E-state index is 0.725. The van der Waals surface area contributed by atoms with Crippen LogP contribution < -0.4 is 0 Å². The third-order valence-electron chi connectivity index (χ3n) is 11.1. The van der Waals surface area contributed by atoms with Crippen molar-refractivity contribution in [2.75, 3.05) is 0 Å². The van der Waals surface area contributed by atoms with Gasteiger partial charge in [0.05, 0.1) is 22.2 Å². The molecule has 0 atom stereocenters. The lowest BCUT2D eigenvalue weighted by Crippen LogP contribution is -1.97. The third kappa shape index (κ3) is 5.41. The molecule has 0 aliphatic rings. The van der Waals surface area contributed by atoms with Crippen LogP contribution in [-0.2, 0) is 0 Å². The molecule has 56 heavy (non-hydrogen) atoms. The Bertz CT molecular complexity index is 3290. The fourth-order valence-corrected chi connectivity index (χ4v) is 9.57. The van der Waals surface area contributed by atoms with Gasteiger partial charge in [0.2, 0.25) is 0 Å². The number of thiophene rings is 1. The number of benzene rings is 8. The third-order valence-corrected chi connectivity index (χ3v) is 12.2. The van der Waals surface area contributed by atoms with Gasteiger partial charge in [0, 0.05) is 53.1 Å². The molecule has 0 aliphatic heterocycles. The summed E-state index contributed by atoms with van der Waals surface area (Å²) in [6.07, 6.45) is 0. The van der Waals surface area contributed by atoms with Crippen LogP contribution in [0.2, 0.25) is 0 Å². The van der Waals surface area contributed by atoms with Crippen molar-refractivity contribution >= 4 is 64.2 Å². The summed E-state index contributed by atoms with van der Waals surface area (Å²) in [4.78, 5) is 10.2. The maximum atomic E-state index is 5.18. The van der Waals surface area contributed by atoms with Crippen LogP contribution in [0.4, 0.5) is 0 Å². The van der Waals surface area contributed by atoms with Gasteiger partial charge in [-0.3, -0.25) is 0 Å². The molecule has 3 heterocycles. The molecule has 8 aromatic carbocycles. The molecular formula is C52H35N3S. The standard InChI is InChI=1S/C52H35N3S/c1-32-27-33(2)29-39(28-32)51-43-11-3-6-12-46(43)53-52(54-51)36-19-23-40(24-20-36)55-47-13-7-4-9-41(47)44-30-37(21-25-48(44)55)34-15-17-35(18-16-34)38-22-26-50-45(31-38)42-10-5-8-14-49(42)56-50/h3-31H,1-2H3. The molecule has 0 fully saturated rings. The van der Waals surface area contributed by atoms with E-state index in [9.17, 15) is 0 Å². The largest absolute Gasteiger partial charge is 0.309 e. The van der Waals surface area contributed by atoms with Crippen LogP contribution in [-0.4, -0.2) is 14.5 Å². The van der Waals surface area contributed by atoms with E-state index in [0.717, 1.165) is 39.2 Å². The molecule has 3 aromatic heterocycles. The minimum Gasteiger partial charge on any atom is -0.309 e. The first-order valence-corrected chi connectivity index (χ1v) is 19.9. The highest BCUT2D eigenvalue weighted by molar-refractivity contribution is 7.25. The first kappa shape index (κ1) is 32.5. The molecule has 0 unspecified atom stereocenters. The summed E-state index contributed by atoms with van der Waals surface area (Å²) < 4.78 is 5.03. The smallest absolute Gasteiger partial charge is 0.160 e. The van der Waals surface area contributed by atoms with Crippen molar-refractivity contribution in [1.82, 2.24) is 14.5 Å². The van der Waals surface area contributed by atoms with Crippen LogP contribution in [0.1, 0.15) is 11.1 Å². The number of aryl methyl sites for hydroxylation is 2. The Morgan fingerprint density at radius 3 is 1.73 bits per heavy atom. The molecule has 0 N–H and O–H groups in total. The summed E-state index contributed by atoms with van der Waals surface area (Å²) in [6, 6.07) is 63.8. The van der Waals surface area contributed by atoms with Gasteiger partial charge in [-0.25, -0.2) is 9.97 Å². The van der Waals surface area contributed by atoms with E-state index in [0.29, 0.717) is 0 Å². The van der Waals surface area contributed by atoms with E-state index in [1.54, 1.807) is 0 Å². The maximum absolute atomic E-state index is 5.18. The van der Waals surface area contributed by atoms with Crippen molar-refractivity contribution in [3.8, 4) is 50.6 Å². The quantitative estimate of drug-likeness (QED) is 0.176. The Balaban J connectivity index is 0.952. The highest BCUT2D eigenvalue weighted by atomic mass is 32.1. The normalized spacial score (nSPS) is 11.8. The number of aromatic nitrogens is 3. The highest BCUT2D eigenvalue weighted by Gasteiger charge is 2.16. The lowest BCUT2D eigenvalue weighted by Gasteiger charge is -2.12. The van der Waals surface area contributed by atoms with Gasteiger partial charge in [-0.15, -0.1) is 11.3 Å². The van der Waals surface area contributed by atoms with E-state index in [2.05, 4.69) is 188 Å². The van der Waals surface area contributed by atoms with Crippen molar-refractivity contribution in [2.24, 2.45) is 0 Å². The van der Waals surface area contributed by atoms with Crippen molar-refractivity contribution in [3.05, 3.63) is 187 Å². The molecule has 11 rings (SSSR count). The van der Waals surface area contributed by atoms with Gasteiger partial charge >= 0.3 is 0 Å². The summed E-state index contributed by atoms with van der Waals surface area (Å²) in [5, 5.41) is 6.18. The molecule has 0 spiro atoms. The van der Waals surface area contributed by atoms with E-state index in [4.69, 9.17) is 9.97 Å². The summed E-state index contributed by atoms with van der Waals surface area (Å²) in [5.74, 6) is 0.725. The van der Waals surface area contributed by atoms with Crippen molar-refractivity contribution < 1.29 is 0 Å². The average molecular weight is 734 g/mol. The molecule has 0 radical (unpaired) electrons. The lowest BCUT2D eigenvalue weighted by molar-refractivity contribution is 1.17. The van der Waals surface area contributed by atoms with E-state index >= 15 is 0 Å². The number of para-hydroxylation sites is 2. The molecule has 0 amide bonds. The van der Waals surface area contributed by atoms with Crippen molar-refractivity contribution in [1.29, 1.82) is 0 Å². The van der Waals surface area contributed by atoms with Crippen molar-refractivity contribution in [2.45, 2.75) is 13.8 Å². The monoisotopic (exact) mass is 733 g/mol. The Morgan fingerprint density at radius 2 is 0.964 bits per heavy atom. The zero-order valence-corrected chi connectivity index (χ0v) is 31.8. The molecule has 0 saturated heterocycles. The maximum Gasteiger partial charge on any atom is 0.160 e. The topological polar surface area (TPSA) is 30.7 Å². The zero-order valence-electron chi connectivity index (χ0n) is 31.0. The number of rotatable bonds is 5. The molecule has 0 saturated carbocycles. The SMILES string of the molecule is Cc1cc(C)cc(-c2nc(-c3ccc(-n4c5ccccc5c5cc(-c6ccc(-c7ccc8sc9ccccc9c8c7)cc6)ccc54)cc3)nc3ccccc23)c1. The predicted molar refractivity (Wildman–Crippen MR) is 238 cm³/mol. The van der Waals surface area contributed by atoms with Crippen LogP contribution in [0.3, 0.4) is 0 Å². The molecule has 4 heteroatoms. The summed E-state index contributed by atoms with van der Waals surface area (Å²) in [5.41, 5.74) is 14.8. The van der Waals surface area contributed by atoms with Gasteiger partial charge in [-0.05, 0) is 115 Å². The zero-order chi connectivity index (χ0) is 37.3. The molecule has 11 aromatic rings. The Morgan fingerprint density at radius 1 is 0.393 bits per heavy atom. The number of fused-ring (bicyclic) bond motifs is 7. The van der Waals surface area contributed by atoms with Gasteiger partial charge in [-0.2, -0.15) is 0 Å². The molecule has 0 aliphatic carbocycles. The van der Waals surface area contributed by atoms with Crippen molar-refractivity contribution in [3.63, 3.8) is 0 Å². The first-order chi connectivity index (χ1) is 27.5. The van der Waals surface area contributed by atoms with E-state index in [1.807, 2.05) is 17.4 Å². The Hall–Kier alpha value is -6.88. The second-order valence-corrected chi connectivity index (χ2v) is 15.9. The fourth-order valence-electron chi connectivity index (χ4n) is 8.49. The second-order valence-electron chi connectivity index (χ2n) is 14.8. The van der Waals surface area contributed by atoms with Gasteiger partial charge in [0.25, 0.3) is 0 Å². The molecule has 264 valence electrons. The minimum atomic E-state index is 0.725. The summed E-state index contributed by atoms with van der Waals surface area (Å²) >= 11 is 1.86. The fraction of sp³-hybridized carbons (Fsp3) is 0.0385. The van der Waals surface area contributed by atoms with Crippen LogP contribution in [0, 0.1) is 13.8 Å². The number of hydrogen-bond acceptors (Lipinski definition) is 3. The lowest BCUT2D eigenvalue weighted by atomic mass is 9.98. The average Bonchev–Trinajstić information content (AvgIpc) is 3.78. The van der Waals surface area contributed by atoms with E-state index in [-0.39, 0.29) is 0 Å². The van der Waals surface area contributed by atoms with Gasteiger partial charge < -0.3 is 4.57 Å². The number of nitrogens with zero attached hydrogens (tertiary/aromatic N) is 3.